The summed E-state index contributed by atoms with van der Waals surface area (Å²) in [5.41, 5.74) is 1.33. The van der Waals surface area contributed by atoms with Crippen molar-refractivity contribution in [3.63, 3.8) is 0 Å². The van der Waals surface area contributed by atoms with Gasteiger partial charge in [0.25, 0.3) is 5.91 Å². The molecule has 0 bridgehead atoms. The number of carbonyl (C=O) groups excluding carboxylic acids is 6. The third kappa shape index (κ3) is 10.9. The standard InChI is InChI=1S/C22H24I3NO11/c1-9(27)33-6-14-17(23)15(7-34-10(2)28)19(25)20(18(14)24)26-22(32)21(37-13(5)31)16(36-12(4)30)8-35-11(3)29/h16,21H,6-8H2,1-5H3,(H,26,32). The molecule has 12 nitrogen and oxygen atoms in total. The molecular weight excluding hydrogens is 835 g/mol. The summed E-state index contributed by atoms with van der Waals surface area (Å²) in [7, 11) is 0. The molecule has 1 aromatic rings. The number of hydrogen-bond donors (Lipinski definition) is 1. The molecule has 0 spiro atoms. The van der Waals surface area contributed by atoms with E-state index >= 15 is 0 Å². The van der Waals surface area contributed by atoms with Gasteiger partial charge < -0.3 is 29.0 Å². The predicted octanol–water partition coefficient (Wildman–Crippen LogP) is 2.99. The Morgan fingerprint density at radius 1 is 0.649 bits per heavy atom. The molecule has 0 saturated carbocycles. The van der Waals surface area contributed by atoms with Crippen molar-refractivity contribution in [3.8, 4) is 0 Å². The van der Waals surface area contributed by atoms with Gasteiger partial charge in [0.2, 0.25) is 6.10 Å². The highest BCUT2D eigenvalue weighted by molar-refractivity contribution is 14.1. The molecule has 1 amide bonds. The van der Waals surface area contributed by atoms with Crippen LogP contribution in [0.15, 0.2) is 0 Å². The van der Waals surface area contributed by atoms with Crippen molar-refractivity contribution in [1.29, 1.82) is 0 Å². The molecule has 0 saturated heterocycles. The van der Waals surface area contributed by atoms with E-state index in [9.17, 15) is 28.8 Å². The van der Waals surface area contributed by atoms with E-state index in [-0.39, 0.29) is 18.9 Å². The van der Waals surface area contributed by atoms with Crippen LogP contribution in [-0.4, -0.2) is 54.6 Å². The fraction of sp³-hybridized carbons (Fsp3) is 0.455. The lowest BCUT2D eigenvalue weighted by molar-refractivity contribution is -0.175. The molecule has 0 aliphatic carbocycles. The second-order valence-corrected chi connectivity index (χ2v) is 10.5. The summed E-state index contributed by atoms with van der Waals surface area (Å²) in [4.78, 5) is 71.0. The Balaban J connectivity index is 3.57. The fourth-order valence-corrected chi connectivity index (χ4v) is 6.81. The van der Waals surface area contributed by atoms with E-state index < -0.39 is 54.6 Å². The van der Waals surface area contributed by atoms with Crippen LogP contribution in [0.2, 0.25) is 0 Å². The first kappa shape index (κ1) is 33.3. The number of hydrogen-bond acceptors (Lipinski definition) is 11. The van der Waals surface area contributed by atoms with E-state index in [1.54, 1.807) is 0 Å². The molecule has 2 unspecified atom stereocenters. The number of carbonyl (C=O) groups is 6. The van der Waals surface area contributed by atoms with E-state index in [4.69, 9.17) is 23.7 Å². The Bertz CT molecular complexity index is 1050. The van der Waals surface area contributed by atoms with Crippen LogP contribution < -0.4 is 5.32 Å². The Kier molecular flexibility index (Phi) is 14.0. The van der Waals surface area contributed by atoms with E-state index in [1.807, 2.05) is 67.8 Å². The smallest absolute Gasteiger partial charge is 0.303 e. The van der Waals surface area contributed by atoms with Crippen molar-refractivity contribution in [2.45, 2.75) is 60.0 Å². The number of anilines is 1. The maximum Gasteiger partial charge on any atom is 0.303 e. The molecule has 2 atom stereocenters. The fourth-order valence-electron chi connectivity index (χ4n) is 2.75. The lowest BCUT2D eigenvalue weighted by atomic mass is 10.1. The molecule has 0 heterocycles. The van der Waals surface area contributed by atoms with Crippen molar-refractivity contribution in [1.82, 2.24) is 0 Å². The molecule has 204 valence electrons. The summed E-state index contributed by atoms with van der Waals surface area (Å²) in [5.74, 6) is -4.29. The molecule has 0 aliphatic rings. The Labute approximate surface area is 253 Å². The van der Waals surface area contributed by atoms with Crippen molar-refractivity contribution in [2.24, 2.45) is 0 Å². The van der Waals surface area contributed by atoms with E-state index in [1.165, 1.54) is 13.8 Å². The van der Waals surface area contributed by atoms with Gasteiger partial charge in [-0.05, 0) is 67.8 Å². The minimum atomic E-state index is -1.68. The number of nitrogens with one attached hydrogen (secondary N) is 1. The van der Waals surface area contributed by atoms with Gasteiger partial charge in [0.05, 0.1) is 5.69 Å². The summed E-state index contributed by atoms with van der Waals surface area (Å²) in [5, 5.41) is 2.66. The summed E-state index contributed by atoms with van der Waals surface area (Å²) >= 11 is 5.94. The lowest BCUT2D eigenvalue weighted by Gasteiger charge is -2.26. The minimum absolute atomic E-state index is 0.130. The van der Waals surface area contributed by atoms with Gasteiger partial charge in [0.1, 0.15) is 19.8 Å². The number of rotatable bonds is 11. The van der Waals surface area contributed by atoms with Crippen LogP contribution in [0, 0.1) is 10.7 Å². The highest BCUT2D eigenvalue weighted by Crippen LogP contribution is 2.37. The monoisotopic (exact) mass is 859 g/mol. The normalized spacial score (nSPS) is 12.0. The highest BCUT2D eigenvalue weighted by atomic mass is 127. The first-order chi connectivity index (χ1) is 17.1. The number of ether oxygens (including phenoxy) is 5. The Morgan fingerprint density at radius 3 is 1.46 bits per heavy atom. The molecule has 0 aromatic heterocycles. The van der Waals surface area contributed by atoms with Crippen LogP contribution in [-0.2, 0) is 65.7 Å². The first-order valence-electron chi connectivity index (χ1n) is 10.4. The van der Waals surface area contributed by atoms with Gasteiger partial charge in [-0.3, -0.25) is 28.8 Å². The van der Waals surface area contributed by atoms with Crippen molar-refractivity contribution in [3.05, 3.63) is 21.8 Å². The molecule has 0 fully saturated rings. The molecule has 1 rings (SSSR count). The molecule has 37 heavy (non-hydrogen) atoms. The zero-order valence-electron chi connectivity index (χ0n) is 20.4. The van der Waals surface area contributed by atoms with Crippen LogP contribution in [0.4, 0.5) is 5.69 Å². The highest BCUT2D eigenvalue weighted by Gasteiger charge is 2.36. The van der Waals surface area contributed by atoms with E-state index in [2.05, 4.69) is 5.32 Å². The van der Waals surface area contributed by atoms with Crippen molar-refractivity contribution >= 4 is 109 Å². The van der Waals surface area contributed by atoms with Gasteiger partial charge in [0.15, 0.2) is 6.10 Å². The number of benzene rings is 1. The van der Waals surface area contributed by atoms with Crippen LogP contribution >= 0.6 is 67.8 Å². The number of amides is 1. The number of esters is 5. The van der Waals surface area contributed by atoms with Crippen molar-refractivity contribution < 1.29 is 52.5 Å². The summed E-state index contributed by atoms with van der Waals surface area (Å²) in [6, 6.07) is 0. The average molecular weight is 859 g/mol. The second kappa shape index (κ2) is 15.6. The van der Waals surface area contributed by atoms with Crippen molar-refractivity contribution in [2.75, 3.05) is 11.9 Å². The van der Waals surface area contributed by atoms with Gasteiger partial charge >= 0.3 is 29.8 Å². The molecule has 0 aliphatic heterocycles. The Morgan fingerprint density at radius 2 is 1.08 bits per heavy atom. The third-order valence-corrected chi connectivity index (χ3v) is 7.93. The molecule has 1 N–H and O–H groups in total. The average Bonchev–Trinajstić information content (AvgIpc) is 2.76. The Hall–Kier alpha value is -1.77. The maximum atomic E-state index is 13.4. The van der Waals surface area contributed by atoms with Gasteiger partial charge in [-0.25, -0.2) is 0 Å². The largest absolute Gasteiger partial charge is 0.462 e. The van der Waals surface area contributed by atoms with Crippen LogP contribution in [0.1, 0.15) is 45.7 Å². The zero-order chi connectivity index (χ0) is 28.4. The summed E-state index contributed by atoms with van der Waals surface area (Å²) in [6.45, 7) is 4.95. The summed E-state index contributed by atoms with van der Waals surface area (Å²) < 4.78 is 27.1. The van der Waals surface area contributed by atoms with Gasteiger partial charge in [-0.1, -0.05) is 0 Å². The lowest BCUT2D eigenvalue weighted by Crippen LogP contribution is -2.46. The van der Waals surface area contributed by atoms with E-state index in [0.29, 0.717) is 21.8 Å². The molecule has 15 heteroatoms. The van der Waals surface area contributed by atoms with Crippen LogP contribution in [0.25, 0.3) is 0 Å². The van der Waals surface area contributed by atoms with Crippen LogP contribution in [0.5, 0.6) is 0 Å². The zero-order valence-corrected chi connectivity index (χ0v) is 26.9. The number of halogens is 3. The molecular formula is C22H24I3NO11. The van der Waals surface area contributed by atoms with Crippen LogP contribution in [0.3, 0.4) is 0 Å². The maximum absolute atomic E-state index is 13.4. The molecule has 1 aromatic carbocycles. The van der Waals surface area contributed by atoms with Gasteiger partial charge in [-0.15, -0.1) is 0 Å². The first-order valence-corrected chi connectivity index (χ1v) is 13.6. The van der Waals surface area contributed by atoms with Gasteiger partial charge in [0, 0.05) is 56.5 Å². The van der Waals surface area contributed by atoms with E-state index in [0.717, 1.165) is 20.8 Å². The third-order valence-electron chi connectivity index (χ3n) is 4.24. The minimum Gasteiger partial charge on any atom is -0.462 e. The summed E-state index contributed by atoms with van der Waals surface area (Å²) in [6.07, 6.45) is -3.12. The predicted molar refractivity (Wildman–Crippen MR) is 152 cm³/mol. The SMILES string of the molecule is CC(=O)OCc1c(I)c(COC(C)=O)c(I)c(NC(=O)C(OC(C)=O)C(COC(C)=O)OC(C)=O)c1I. The molecule has 0 radical (unpaired) electrons. The van der Waals surface area contributed by atoms with Gasteiger partial charge in [-0.2, -0.15) is 0 Å². The topological polar surface area (TPSA) is 161 Å². The quantitative estimate of drug-likeness (QED) is 0.198. The second-order valence-electron chi connectivity index (χ2n) is 7.30.